The maximum atomic E-state index is 4.66. The SMILES string of the molecule is CCNC(=NCc1nnc2ccccn12)NCCCc1nnc(SC)n1CC(C)C.I. The molecule has 0 saturated heterocycles. The number of nitrogens with zero attached hydrogens (tertiary/aromatic N) is 7. The fourth-order valence-electron chi connectivity index (χ4n) is 3.15. The second-order valence-electron chi connectivity index (χ2n) is 7.38. The minimum Gasteiger partial charge on any atom is -0.357 e. The summed E-state index contributed by atoms with van der Waals surface area (Å²) in [5.41, 5.74) is 0.829. The van der Waals surface area contributed by atoms with Gasteiger partial charge in [-0.15, -0.1) is 44.4 Å². The third kappa shape index (κ3) is 7.06. The Morgan fingerprint density at radius 3 is 2.68 bits per heavy atom. The first-order valence-corrected chi connectivity index (χ1v) is 11.6. The lowest BCUT2D eigenvalue weighted by molar-refractivity contribution is 0.477. The van der Waals surface area contributed by atoms with Crippen molar-refractivity contribution >= 4 is 47.3 Å². The van der Waals surface area contributed by atoms with Gasteiger partial charge in [0.2, 0.25) is 0 Å². The van der Waals surface area contributed by atoms with Crippen LogP contribution in [0.1, 0.15) is 38.8 Å². The molecule has 2 N–H and O–H groups in total. The van der Waals surface area contributed by atoms with Gasteiger partial charge in [-0.05, 0) is 37.7 Å². The molecule has 11 heteroatoms. The number of guanidine groups is 1. The second-order valence-corrected chi connectivity index (χ2v) is 8.15. The quantitative estimate of drug-likeness (QED) is 0.130. The van der Waals surface area contributed by atoms with Crippen LogP contribution in [-0.2, 0) is 19.5 Å². The molecule has 0 spiro atoms. The number of thioether (sulfide) groups is 1. The number of hydrogen-bond donors (Lipinski definition) is 2. The summed E-state index contributed by atoms with van der Waals surface area (Å²) in [6.45, 7) is 9.49. The zero-order valence-corrected chi connectivity index (χ0v) is 21.7. The van der Waals surface area contributed by atoms with Crippen LogP contribution in [0.15, 0.2) is 34.5 Å². The Kier molecular flexibility index (Phi) is 10.5. The van der Waals surface area contributed by atoms with Crippen LogP contribution < -0.4 is 10.6 Å². The fraction of sp³-hybridized carbons (Fsp3) is 0.550. The van der Waals surface area contributed by atoms with Crippen molar-refractivity contribution < 1.29 is 0 Å². The van der Waals surface area contributed by atoms with Crippen molar-refractivity contribution in [2.75, 3.05) is 19.3 Å². The predicted molar refractivity (Wildman–Crippen MR) is 136 cm³/mol. The van der Waals surface area contributed by atoms with E-state index in [9.17, 15) is 0 Å². The molecular formula is C20H32IN9S. The van der Waals surface area contributed by atoms with Gasteiger partial charge in [0.1, 0.15) is 12.4 Å². The van der Waals surface area contributed by atoms with Gasteiger partial charge in [0.25, 0.3) is 0 Å². The van der Waals surface area contributed by atoms with E-state index in [1.54, 1.807) is 11.8 Å². The lowest BCUT2D eigenvalue weighted by Gasteiger charge is -2.13. The number of rotatable bonds is 10. The zero-order chi connectivity index (χ0) is 21.3. The van der Waals surface area contributed by atoms with E-state index < -0.39 is 0 Å². The van der Waals surface area contributed by atoms with E-state index in [2.05, 4.69) is 61.4 Å². The molecule has 0 atom stereocenters. The van der Waals surface area contributed by atoms with Gasteiger partial charge < -0.3 is 15.2 Å². The summed E-state index contributed by atoms with van der Waals surface area (Å²) in [7, 11) is 0. The Hall–Kier alpha value is -1.89. The van der Waals surface area contributed by atoms with Gasteiger partial charge in [0.15, 0.2) is 22.6 Å². The lowest BCUT2D eigenvalue weighted by atomic mass is 10.2. The number of pyridine rings is 1. The first kappa shape index (κ1) is 25.4. The highest BCUT2D eigenvalue weighted by Gasteiger charge is 2.12. The fourth-order valence-corrected chi connectivity index (χ4v) is 3.67. The number of aryl methyl sites for hydroxylation is 1. The van der Waals surface area contributed by atoms with Crippen molar-refractivity contribution in [2.24, 2.45) is 10.9 Å². The maximum Gasteiger partial charge on any atom is 0.191 e. The average Bonchev–Trinajstić information content (AvgIpc) is 3.32. The smallest absolute Gasteiger partial charge is 0.191 e. The molecule has 0 aromatic carbocycles. The molecule has 0 aliphatic rings. The Morgan fingerprint density at radius 1 is 1.13 bits per heavy atom. The van der Waals surface area contributed by atoms with Crippen molar-refractivity contribution in [3.8, 4) is 0 Å². The molecule has 3 rings (SSSR count). The van der Waals surface area contributed by atoms with Crippen molar-refractivity contribution in [3.63, 3.8) is 0 Å². The van der Waals surface area contributed by atoms with Crippen LogP contribution in [0.5, 0.6) is 0 Å². The van der Waals surface area contributed by atoms with Crippen LogP contribution in [0.3, 0.4) is 0 Å². The molecule has 0 aliphatic carbocycles. The van der Waals surface area contributed by atoms with Crippen molar-refractivity contribution in [2.45, 2.75) is 51.9 Å². The van der Waals surface area contributed by atoms with Crippen LogP contribution >= 0.6 is 35.7 Å². The van der Waals surface area contributed by atoms with E-state index in [1.807, 2.05) is 35.1 Å². The molecule has 0 amide bonds. The highest BCUT2D eigenvalue weighted by molar-refractivity contribution is 14.0. The van der Waals surface area contributed by atoms with Gasteiger partial charge >= 0.3 is 0 Å². The van der Waals surface area contributed by atoms with Crippen molar-refractivity contribution in [1.82, 2.24) is 40.0 Å². The molecule has 0 radical (unpaired) electrons. The third-order valence-corrected chi connectivity index (χ3v) is 5.17. The maximum absolute atomic E-state index is 4.66. The third-order valence-electron chi connectivity index (χ3n) is 4.50. The number of halogens is 1. The molecule has 3 aromatic rings. The van der Waals surface area contributed by atoms with Gasteiger partial charge in [0, 0.05) is 32.3 Å². The van der Waals surface area contributed by atoms with Crippen LogP contribution in [-0.4, -0.2) is 54.7 Å². The Bertz CT molecular complexity index is 967. The molecule has 9 nitrogen and oxygen atoms in total. The summed E-state index contributed by atoms with van der Waals surface area (Å²) < 4.78 is 4.20. The summed E-state index contributed by atoms with van der Waals surface area (Å²) in [6, 6.07) is 5.85. The van der Waals surface area contributed by atoms with E-state index in [4.69, 9.17) is 0 Å². The minimum absolute atomic E-state index is 0. The molecule has 3 aromatic heterocycles. The monoisotopic (exact) mass is 557 g/mol. The van der Waals surface area contributed by atoms with E-state index in [1.165, 1.54) is 0 Å². The molecule has 0 unspecified atom stereocenters. The molecule has 0 aliphatic heterocycles. The van der Waals surface area contributed by atoms with E-state index in [-0.39, 0.29) is 24.0 Å². The molecule has 0 bridgehead atoms. The highest BCUT2D eigenvalue weighted by Crippen LogP contribution is 2.16. The van der Waals surface area contributed by atoms with E-state index >= 15 is 0 Å². The summed E-state index contributed by atoms with van der Waals surface area (Å²) in [5.74, 6) is 3.20. The number of nitrogens with one attached hydrogen (secondary N) is 2. The topological polar surface area (TPSA) is 97.3 Å². The van der Waals surface area contributed by atoms with Gasteiger partial charge in [0.05, 0.1) is 0 Å². The van der Waals surface area contributed by atoms with Crippen LogP contribution in [0.4, 0.5) is 0 Å². The van der Waals surface area contributed by atoms with E-state index in [0.717, 1.165) is 60.9 Å². The Labute approximate surface area is 204 Å². The number of aromatic nitrogens is 6. The standard InChI is InChI=1S/C20H31N9S.HI/c1-5-21-19(23-13-18-26-24-16-9-6-7-12-28(16)18)22-11-8-10-17-25-27-20(30-4)29(17)14-15(2)3;/h6-7,9,12,15H,5,8,10-11,13-14H2,1-4H3,(H2,21,22,23);1H. The first-order valence-electron chi connectivity index (χ1n) is 10.4. The Balaban J connectivity index is 0.00000341. The summed E-state index contributed by atoms with van der Waals surface area (Å²) in [6.07, 6.45) is 5.82. The molecule has 3 heterocycles. The van der Waals surface area contributed by atoms with Crippen LogP contribution in [0, 0.1) is 5.92 Å². The molecular weight excluding hydrogens is 525 g/mol. The largest absolute Gasteiger partial charge is 0.357 e. The van der Waals surface area contributed by atoms with Crippen molar-refractivity contribution in [1.29, 1.82) is 0 Å². The summed E-state index contributed by atoms with van der Waals surface area (Å²) in [4.78, 5) is 4.66. The second kappa shape index (κ2) is 12.8. The first-order chi connectivity index (χ1) is 14.6. The van der Waals surface area contributed by atoms with Gasteiger partial charge in [-0.25, -0.2) is 4.99 Å². The minimum atomic E-state index is 0. The Morgan fingerprint density at radius 2 is 1.94 bits per heavy atom. The predicted octanol–water partition coefficient (Wildman–Crippen LogP) is 3.00. The average molecular weight is 558 g/mol. The molecule has 31 heavy (non-hydrogen) atoms. The van der Waals surface area contributed by atoms with Crippen molar-refractivity contribution in [3.05, 3.63) is 36.0 Å². The molecule has 0 saturated carbocycles. The normalized spacial score (nSPS) is 11.7. The summed E-state index contributed by atoms with van der Waals surface area (Å²) in [5, 5.41) is 24.8. The highest BCUT2D eigenvalue weighted by atomic mass is 127. The molecule has 170 valence electrons. The van der Waals surface area contributed by atoms with Crippen LogP contribution in [0.2, 0.25) is 0 Å². The molecule has 0 fully saturated rings. The van der Waals surface area contributed by atoms with Gasteiger partial charge in [-0.1, -0.05) is 31.7 Å². The lowest BCUT2D eigenvalue weighted by Crippen LogP contribution is -2.38. The number of aliphatic imine (C=N–C) groups is 1. The van der Waals surface area contributed by atoms with Gasteiger partial charge in [-0.3, -0.25) is 4.40 Å². The van der Waals surface area contributed by atoms with Crippen LogP contribution in [0.25, 0.3) is 5.65 Å². The number of fused-ring (bicyclic) bond motifs is 1. The van der Waals surface area contributed by atoms with Gasteiger partial charge in [-0.2, -0.15) is 0 Å². The van der Waals surface area contributed by atoms with E-state index in [0.29, 0.717) is 12.5 Å². The zero-order valence-electron chi connectivity index (χ0n) is 18.6. The number of hydrogen-bond acceptors (Lipinski definition) is 6. The summed E-state index contributed by atoms with van der Waals surface area (Å²) >= 11 is 1.65.